The van der Waals surface area contributed by atoms with Gasteiger partial charge in [-0.25, -0.2) is 0 Å². The number of aryl methyl sites for hydroxylation is 1. The third kappa shape index (κ3) is 1.74. The summed E-state index contributed by atoms with van der Waals surface area (Å²) in [6.07, 6.45) is 5.74. The molecule has 1 aromatic rings. The van der Waals surface area contributed by atoms with Crippen LogP contribution < -0.4 is 4.90 Å². The molecule has 0 bridgehead atoms. The van der Waals surface area contributed by atoms with Gasteiger partial charge in [-0.05, 0) is 30.7 Å². The molecule has 1 aliphatic rings. The van der Waals surface area contributed by atoms with Crippen LogP contribution in [0.1, 0.15) is 12.0 Å². The third-order valence-electron chi connectivity index (χ3n) is 2.83. The van der Waals surface area contributed by atoms with Gasteiger partial charge in [0.05, 0.1) is 0 Å². The van der Waals surface area contributed by atoms with Crippen molar-refractivity contribution < 1.29 is 9.90 Å². The molecule has 1 aliphatic heterocycles. The molecule has 82 valence electrons. The maximum atomic E-state index is 11.7. The van der Waals surface area contributed by atoms with Gasteiger partial charge in [0.15, 0.2) is 0 Å². The zero-order valence-corrected chi connectivity index (χ0v) is 9.10. The van der Waals surface area contributed by atoms with E-state index in [9.17, 15) is 9.90 Å². The van der Waals surface area contributed by atoms with E-state index in [1.165, 1.54) is 0 Å². The number of anilines is 1. The fourth-order valence-corrected chi connectivity index (χ4v) is 1.99. The Morgan fingerprint density at radius 1 is 1.56 bits per heavy atom. The summed E-state index contributed by atoms with van der Waals surface area (Å²) in [5.41, 5.74) is 1.71. The van der Waals surface area contributed by atoms with Gasteiger partial charge in [-0.1, -0.05) is 0 Å². The van der Waals surface area contributed by atoms with Crippen LogP contribution in [0, 0.1) is 25.2 Å². The molecule has 0 radical (unpaired) electrons. The van der Waals surface area contributed by atoms with Gasteiger partial charge in [0, 0.05) is 24.6 Å². The maximum absolute atomic E-state index is 11.7. The average molecular weight is 215 g/mol. The fourth-order valence-electron chi connectivity index (χ4n) is 1.99. The van der Waals surface area contributed by atoms with Gasteiger partial charge in [-0.15, -0.1) is 12.3 Å². The molecular formula is C13H13NO2. The standard InChI is InChI=1S/C13H13NO2/c1-3-10-7-13(16)14(8-10)12-5-4-11(15)6-9(12)2/h1,4-6,10,15H,7-8H2,2H3. The van der Waals surface area contributed by atoms with Gasteiger partial charge in [0.1, 0.15) is 5.75 Å². The van der Waals surface area contributed by atoms with Crippen molar-refractivity contribution in [2.75, 3.05) is 11.4 Å². The Balaban J connectivity index is 2.32. The van der Waals surface area contributed by atoms with Gasteiger partial charge in [-0.3, -0.25) is 4.79 Å². The Bertz CT molecular complexity index is 473. The number of phenolic OH excluding ortho intramolecular Hbond substituents is 1. The summed E-state index contributed by atoms with van der Waals surface area (Å²) in [5.74, 6) is 2.88. The molecule has 1 aromatic carbocycles. The molecule has 2 rings (SSSR count). The number of amides is 1. The molecule has 1 fully saturated rings. The summed E-state index contributed by atoms with van der Waals surface area (Å²) in [5, 5.41) is 9.31. The summed E-state index contributed by atoms with van der Waals surface area (Å²) in [6, 6.07) is 4.98. The fraction of sp³-hybridized carbons (Fsp3) is 0.308. The zero-order valence-electron chi connectivity index (χ0n) is 9.10. The lowest BCUT2D eigenvalue weighted by atomic mass is 10.1. The monoisotopic (exact) mass is 215 g/mol. The van der Waals surface area contributed by atoms with Crippen molar-refractivity contribution in [2.45, 2.75) is 13.3 Å². The van der Waals surface area contributed by atoms with Crippen LogP contribution in [0.3, 0.4) is 0 Å². The number of phenols is 1. The summed E-state index contributed by atoms with van der Waals surface area (Å²) in [4.78, 5) is 13.4. The van der Waals surface area contributed by atoms with Crippen molar-refractivity contribution in [3.63, 3.8) is 0 Å². The summed E-state index contributed by atoms with van der Waals surface area (Å²) < 4.78 is 0. The molecule has 1 amide bonds. The van der Waals surface area contributed by atoms with E-state index in [4.69, 9.17) is 6.42 Å². The quantitative estimate of drug-likeness (QED) is 0.724. The van der Waals surface area contributed by atoms with E-state index in [0.29, 0.717) is 13.0 Å². The second-order valence-electron chi connectivity index (χ2n) is 4.04. The molecule has 1 unspecified atom stereocenters. The van der Waals surface area contributed by atoms with Crippen molar-refractivity contribution in [1.82, 2.24) is 0 Å². The highest BCUT2D eigenvalue weighted by atomic mass is 16.3. The minimum atomic E-state index is 0.000651. The van der Waals surface area contributed by atoms with Gasteiger partial charge >= 0.3 is 0 Å². The maximum Gasteiger partial charge on any atom is 0.228 e. The van der Waals surface area contributed by atoms with Crippen molar-refractivity contribution in [3.05, 3.63) is 23.8 Å². The smallest absolute Gasteiger partial charge is 0.228 e. The Hall–Kier alpha value is -1.95. The number of carbonyl (C=O) groups is 1. The number of hydrogen-bond donors (Lipinski definition) is 1. The molecule has 0 aliphatic carbocycles. The molecule has 1 heterocycles. The molecule has 1 atom stereocenters. The second kappa shape index (κ2) is 3.90. The highest BCUT2D eigenvalue weighted by Gasteiger charge is 2.29. The highest BCUT2D eigenvalue weighted by molar-refractivity contribution is 5.96. The molecule has 0 saturated carbocycles. The Kier molecular flexibility index (Phi) is 2.57. The lowest BCUT2D eigenvalue weighted by molar-refractivity contribution is -0.117. The lowest BCUT2D eigenvalue weighted by Gasteiger charge is -2.18. The number of carbonyl (C=O) groups excluding carboxylic acids is 1. The van der Waals surface area contributed by atoms with Gasteiger partial charge in [0.2, 0.25) is 5.91 Å². The minimum Gasteiger partial charge on any atom is -0.508 e. The molecule has 1 N–H and O–H groups in total. The Labute approximate surface area is 94.7 Å². The van der Waals surface area contributed by atoms with E-state index in [-0.39, 0.29) is 17.6 Å². The number of benzene rings is 1. The van der Waals surface area contributed by atoms with Crippen LogP contribution in [-0.2, 0) is 4.79 Å². The van der Waals surface area contributed by atoms with E-state index in [0.717, 1.165) is 11.3 Å². The third-order valence-corrected chi connectivity index (χ3v) is 2.83. The van der Waals surface area contributed by atoms with E-state index < -0.39 is 0 Å². The number of nitrogens with zero attached hydrogens (tertiary/aromatic N) is 1. The number of hydrogen-bond acceptors (Lipinski definition) is 2. The number of rotatable bonds is 1. The van der Waals surface area contributed by atoms with Crippen LogP contribution in [-0.4, -0.2) is 17.6 Å². The summed E-state index contributed by atoms with van der Waals surface area (Å²) in [6.45, 7) is 2.44. The molecule has 0 aromatic heterocycles. The van der Waals surface area contributed by atoms with Crippen molar-refractivity contribution >= 4 is 11.6 Å². The lowest BCUT2D eigenvalue weighted by Crippen LogP contribution is -2.25. The molecule has 16 heavy (non-hydrogen) atoms. The summed E-state index contributed by atoms with van der Waals surface area (Å²) >= 11 is 0. The van der Waals surface area contributed by atoms with E-state index in [1.54, 1.807) is 23.1 Å². The number of aromatic hydroxyl groups is 1. The largest absolute Gasteiger partial charge is 0.508 e. The molecule has 3 heteroatoms. The van der Waals surface area contributed by atoms with Crippen molar-refractivity contribution in [1.29, 1.82) is 0 Å². The van der Waals surface area contributed by atoms with Crippen molar-refractivity contribution in [3.8, 4) is 18.1 Å². The Morgan fingerprint density at radius 2 is 2.31 bits per heavy atom. The molecule has 3 nitrogen and oxygen atoms in total. The zero-order chi connectivity index (χ0) is 11.7. The van der Waals surface area contributed by atoms with Crippen molar-refractivity contribution in [2.24, 2.45) is 5.92 Å². The van der Waals surface area contributed by atoms with E-state index in [2.05, 4.69) is 5.92 Å². The van der Waals surface area contributed by atoms with E-state index in [1.807, 2.05) is 6.92 Å². The average Bonchev–Trinajstić information content (AvgIpc) is 2.60. The number of terminal acetylenes is 1. The summed E-state index contributed by atoms with van der Waals surface area (Å²) in [7, 11) is 0. The second-order valence-corrected chi connectivity index (χ2v) is 4.04. The van der Waals surface area contributed by atoms with Crippen LogP contribution in [0.25, 0.3) is 0 Å². The van der Waals surface area contributed by atoms with E-state index >= 15 is 0 Å². The molecule has 0 spiro atoms. The van der Waals surface area contributed by atoms with Crippen LogP contribution >= 0.6 is 0 Å². The SMILES string of the molecule is C#CC1CC(=O)N(c2ccc(O)cc2C)C1. The van der Waals surface area contributed by atoms with Gasteiger partial charge in [0.25, 0.3) is 0 Å². The molecule has 1 saturated heterocycles. The van der Waals surface area contributed by atoms with Crippen LogP contribution in [0.5, 0.6) is 5.75 Å². The van der Waals surface area contributed by atoms with Crippen LogP contribution in [0.15, 0.2) is 18.2 Å². The molecular weight excluding hydrogens is 202 g/mol. The van der Waals surface area contributed by atoms with Gasteiger partial charge < -0.3 is 10.0 Å². The first-order chi connectivity index (χ1) is 7.61. The first-order valence-electron chi connectivity index (χ1n) is 5.18. The Morgan fingerprint density at radius 3 is 2.88 bits per heavy atom. The first-order valence-corrected chi connectivity index (χ1v) is 5.18. The predicted molar refractivity (Wildman–Crippen MR) is 62.1 cm³/mol. The minimum absolute atomic E-state index is 0.000651. The highest BCUT2D eigenvalue weighted by Crippen LogP contribution is 2.29. The normalized spacial score (nSPS) is 19.9. The van der Waals surface area contributed by atoms with Gasteiger partial charge in [-0.2, -0.15) is 0 Å². The first kappa shape index (κ1) is 10.6. The predicted octanol–water partition coefficient (Wildman–Crippen LogP) is 1.69. The van der Waals surface area contributed by atoms with Crippen LogP contribution in [0.4, 0.5) is 5.69 Å². The topological polar surface area (TPSA) is 40.5 Å². The van der Waals surface area contributed by atoms with Crippen LogP contribution in [0.2, 0.25) is 0 Å².